The molecule has 156 valence electrons. The van der Waals surface area contributed by atoms with E-state index in [0.29, 0.717) is 18.1 Å². The molecule has 2 aromatic carbocycles. The summed E-state index contributed by atoms with van der Waals surface area (Å²) in [6, 6.07) is 22.1. The van der Waals surface area contributed by atoms with Gasteiger partial charge in [0.1, 0.15) is 18.1 Å². The van der Waals surface area contributed by atoms with E-state index in [9.17, 15) is 9.59 Å². The number of benzene rings is 2. The first-order valence-electron chi connectivity index (χ1n) is 9.49. The molecule has 0 aliphatic carbocycles. The summed E-state index contributed by atoms with van der Waals surface area (Å²) in [6.07, 6.45) is 0.809. The van der Waals surface area contributed by atoms with E-state index in [1.54, 1.807) is 17.8 Å². The van der Waals surface area contributed by atoms with Crippen LogP contribution in [0.3, 0.4) is 0 Å². The van der Waals surface area contributed by atoms with E-state index in [0.717, 1.165) is 12.2 Å². The summed E-state index contributed by atoms with van der Waals surface area (Å²) in [7, 11) is 0. The lowest BCUT2D eigenvalue weighted by Gasteiger charge is -2.08. The van der Waals surface area contributed by atoms with E-state index in [1.807, 2.05) is 60.7 Å². The van der Waals surface area contributed by atoms with Gasteiger partial charge in [0, 0.05) is 11.4 Å². The molecule has 3 rings (SSSR count). The van der Waals surface area contributed by atoms with Gasteiger partial charge in [-0.15, -0.1) is 11.8 Å². The first-order chi connectivity index (χ1) is 14.7. The van der Waals surface area contributed by atoms with Gasteiger partial charge in [-0.2, -0.15) is 0 Å². The van der Waals surface area contributed by atoms with Crippen molar-refractivity contribution in [2.24, 2.45) is 0 Å². The number of rotatable bonds is 9. The second kappa shape index (κ2) is 11.6. The molecule has 8 heteroatoms. The average Bonchev–Trinajstić information content (AvgIpc) is 3.26. The lowest BCUT2D eigenvalue weighted by Crippen LogP contribution is -2.47. The van der Waals surface area contributed by atoms with E-state index >= 15 is 0 Å². The Balaban J connectivity index is 1.30. The molecule has 0 atom stereocenters. The lowest BCUT2D eigenvalue weighted by molar-refractivity contribution is 0.0904. The molecule has 3 amide bonds. The van der Waals surface area contributed by atoms with E-state index < -0.39 is 11.9 Å². The van der Waals surface area contributed by atoms with Gasteiger partial charge in [-0.3, -0.25) is 10.2 Å². The minimum absolute atomic E-state index is 0.0845. The van der Waals surface area contributed by atoms with Gasteiger partial charge in [0.15, 0.2) is 5.76 Å². The molecular formula is C22H23N3O4S. The summed E-state index contributed by atoms with van der Waals surface area (Å²) in [4.78, 5) is 25.1. The van der Waals surface area contributed by atoms with Gasteiger partial charge in [0.2, 0.25) is 0 Å². The molecule has 0 radical (unpaired) electrons. The molecule has 7 nitrogen and oxygen atoms in total. The van der Waals surface area contributed by atoms with Crippen molar-refractivity contribution in [1.82, 2.24) is 16.2 Å². The summed E-state index contributed by atoms with van der Waals surface area (Å²) < 4.78 is 11.0. The number of nitrogens with one attached hydrogen (secondary N) is 3. The van der Waals surface area contributed by atoms with Crippen molar-refractivity contribution in [2.75, 3.05) is 12.3 Å². The first-order valence-corrected chi connectivity index (χ1v) is 10.5. The summed E-state index contributed by atoms with van der Waals surface area (Å²) in [5.74, 6) is 1.64. The number of hydrogen-bond acceptors (Lipinski definition) is 5. The third-order valence-electron chi connectivity index (χ3n) is 3.92. The van der Waals surface area contributed by atoms with E-state index in [2.05, 4.69) is 16.2 Å². The van der Waals surface area contributed by atoms with Crippen LogP contribution in [0.1, 0.15) is 22.7 Å². The molecule has 0 aliphatic rings. The van der Waals surface area contributed by atoms with Crippen molar-refractivity contribution in [3.05, 3.63) is 84.3 Å². The van der Waals surface area contributed by atoms with Crippen molar-refractivity contribution < 1.29 is 18.7 Å². The zero-order valence-corrected chi connectivity index (χ0v) is 17.1. The van der Waals surface area contributed by atoms with Crippen LogP contribution in [0.2, 0.25) is 0 Å². The number of thioether (sulfide) groups is 1. The third kappa shape index (κ3) is 7.21. The number of ether oxygens (including phenoxy) is 1. The number of carbonyl (C=O) groups excluding carboxylic acids is 2. The fourth-order valence-electron chi connectivity index (χ4n) is 2.45. The van der Waals surface area contributed by atoms with Gasteiger partial charge in [-0.1, -0.05) is 36.4 Å². The quantitative estimate of drug-likeness (QED) is 0.274. The van der Waals surface area contributed by atoms with Crippen molar-refractivity contribution in [3.8, 4) is 5.75 Å². The Hall–Kier alpha value is -3.39. The van der Waals surface area contributed by atoms with Crippen LogP contribution in [0.15, 0.2) is 82.1 Å². The molecule has 0 saturated carbocycles. The average molecular weight is 426 g/mol. The Morgan fingerprint density at radius 3 is 2.40 bits per heavy atom. The molecule has 30 heavy (non-hydrogen) atoms. The van der Waals surface area contributed by atoms with E-state index in [4.69, 9.17) is 9.15 Å². The maximum atomic E-state index is 12.1. The highest BCUT2D eigenvalue weighted by atomic mass is 32.2. The van der Waals surface area contributed by atoms with Crippen LogP contribution >= 0.6 is 11.8 Å². The minimum Gasteiger partial charge on any atom is -0.486 e. The Bertz CT molecular complexity index is 932. The molecule has 3 aromatic rings. The molecule has 1 heterocycles. The molecule has 0 saturated heterocycles. The molecule has 0 bridgehead atoms. The van der Waals surface area contributed by atoms with E-state index in [1.165, 1.54) is 11.0 Å². The molecule has 3 N–H and O–H groups in total. The van der Waals surface area contributed by atoms with Crippen LogP contribution in [0, 0.1) is 0 Å². The number of carbonyl (C=O) groups is 2. The predicted octanol–water partition coefficient (Wildman–Crippen LogP) is 3.99. The summed E-state index contributed by atoms with van der Waals surface area (Å²) in [6.45, 7) is 0.704. The maximum absolute atomic E-state index is 12.1. The molecule has 1 aromatic heterocycles. The number of amides is 3. The van der Waals surface area contributed by atoms with Crippen molar-refractivity contribution in [3.63, 3.8) is 0 Å². The Kier molecular flexibility index (Phi) is 8.23. The van der Waals surface area contributed by atoms with Crippen LogP contribution < -0.4 is 20.9 Å². The lowest BCUT2D eigenvalue weighted by atomic mass is 10.3. The smallest absolute Gasteiger partial charge is 0.333 e. The SMILES string of the molecule is O=C(NCCCSc1ccccc1)NNC(=O)c1ccc(COc2ccccc2)o1. The van der Waals surface area contributed by atoms with Gasteiger partial charge in [-0.25, -0.2) is 10.2 Å². The fraction of sp³-hybridized carbons (Fsp3) is 0.182. The van der Waals surface area contributed by atoms with E-state index in [-0.39, 0.29) is 12.4 Å². The highest BCUT2D eigenvalue weighted by Crippen LogP contribution is 2.17. The molecule has 0 spiro atoms. The summed E-state index contributed by atoms with van der Waals surface area (Å²) in [5, 5.41) is 2.69. The van der Waals surface area contributed by atoms with Gasteiger partial charge < -0.3 is 14.5 Å². The maximum Gasteiger partial charge on any atom is 0.333 e. The Morgan fingerprint density at radius 1 is 0.900 bits per heavy atom. The highest BCUT2D eigenvalue weighted by Gasteiger charge is 2.12. The summed E-state index contributed by atoms with van der Waals surface area (Å²) in [5.41, 5.74) is 4.62. The van der Waals surface area contributed by atoms with Crippen molar-refractivity contribution in [1.29, 1.82) is 0 Å². The fourth-order valence-corrected chi connectivity index (χ4v) is 3.32. The van der Waals surface area contributed by atoms with Gasteiger partial charge in [0.05, 0.1) is 0 Å². The second-order valence-electron chi connectivity index (χ2n) is 6.22. The third-order valence-corrected chi connectivity index (χ3v) is 5.02. The number of urea groups is 1. The minimum atomic E-state index is -0.546. The van der Waals surface area contributed by atoms with Crippen LogP contribution in [-0.4, -0.2) is 24.2 Å². The van der Waals surface area contributed by atoms with Crippen LogP contribution in [-0.2, 0) is 6.61 Å². The monoisotopic (exact) mass is 425 g/mol. The zero-order chi connectivity index (χ0) is 21.0. The van der Waals surface area contributed by atoms with Gasteiger partial charge in [0.25, 0.3) is 0 Å². The second-order valence-corrected chi connectivity index (χ2v) is 7.39. The first kappa shape index (κ1) is 21.3. The van der Waals surface area contributed by atoms with Crippen LogP contribution in [0.25, 0.3) is 0 Å². The standard InChI is InChI=1S/C22H23N3O4S/c26-21(20-13-12-18(29-20)16-28-17-8-3-1-4-9-17)24-25-22(27)23-14-7-15-30-19-10-5-2-6-11-19/h1-6,8-13H,7,14-16H2,(H,24,26)(H2,23,25,27). The van der Waals surface area contributed by atoms with Crippen molar-refractivity contribution >= 4 is 23.7 Å². The largest absolute Gasteiger partial charge is 0.486 e. The molecule has 0 aliphatic heterocycles. The normalized spacial score (nSPS) is 10.3. The number of hydrogen-bond donors (Lipinski definition) is 3. The summed E-state index contributed by atoms with van der Waals surface area (Å²) >= 11 is 1.73. The molecule has 0 unspecified atom stereocenters. The Labute approximate surface area is 179 Å². The van der Waals surface area contributed by atoms with Crippen LogP contribution in [0.4, 0.5) is 4.79 Å². The topological polar surface area (TPSA) is 92.6 Å². The highest BCUT2D eigenvalue weighted by molar-refractivity contribution is 7.99. The Morgan fingerprint density at radius 2 is 1.63 bits per heavy atom. The van der Waals surface area contributed by atoms with Crippen LogP contribution in [0.5, 0.6) is 5.75 Å². The molecular weight excluding hydrogens is 402 g/mol. The number of hydrazine groups is 1. The zero-order valence-electron chi connectivity index (χ0n) is 16.3. The number of para-hydroxylation sites is 1. The van der Waals surface area contributed by atoms with Gasteiger partial charge >= 0.3 is 11.9 Å². The number of furan rings is 1. The van der Waals surface area contributed by atoms with Gasteiger partial charge in [-0.05, 0) is 48.6 Å². The molecule has 0 fully saturated rings. The van der Waals surface area contributed by atoms with Crippen molar-refractivity contribution in [2.45, 2.75) is 17.9 Å². The predicted molar refractivity (Wildman–Crippen MR) is 115 cm³/mol.